The van der Waals surface area contributed by atoms with E-state index in [4.69, 9.17) is 4.74 Å². The molecule has 0 aliphatic carbocycles. The number of amides is 1. The van der Waals surface area contributed by atoms with Crippen LogP contribution in [0.5, 0.6) is 5.75 Å². The summed E-state index contributed by atoms with van der Waals surface area (Å²) in [6.45, 7) is 5.78. The van der Waals surface area contributed by atoms with Crippen LogP contribution in [0.15, 0.2) is 42.6 Å². The predicted molar refractivity (Wildman–Crippen MR) is 91.0 cm³/mol. The predicted octanol–water partition coefficient (Wildman–Crippen LogP) is 2.60. The first kappa shape index (κ1) is 16.0. The standard InChI is InChI=1S/C18H20N4O2/c1-12-7-8-13(2)15(10-12)24-11-17(23)19-14(3)18-21-20-16-6-4-5-9-22(16)18/h4-10,14H,11H2,1-3H3,(H,19,23). The molecule has 0 aliphatic rings. The average molecular weight is 324 g/mol. The van der Waals surface area contributed by atoms with Crippen molar-refractivity contribution < 1.29 is 9.53 Å². The highest BCUT2D eigenvalue weighted by molar-refractivity contribution is 5.78. The molecule has 0 spiro atoms. The second-order valence-corrected chi connectivity index (χ2v) is 5.83. The molecule has 1 aromatic carbocycles. The third kappa shape index (κ3) is 3.37. The van der Waals surface area contributed by atoms with Gasteiger partial charge in [-0.2, -0.15) is 0 Å². The van der Waals surface area contributed by atoms with Crippen LogP contribution < -0.4 is 10.1 Å². The topological polar surface area (TPSA) is 68.5 Å². The molecular formula is C18H20N4O2. The van der Waals surface area contributed by atoms with E-state index in [2.05, 4.69) is 15.5 Å². The molecule has 3 aromatic rings. The van der Waals surface area contributed by atoms with E-state index in [1.165, 1.54) is 0 Å². The zero-order valence-electron chi connectivity index (χ0n) is 14.0. The molecule has 1 unspecified atom stereocenters. The normalized spacial score (nSPS) is 12.1. The minimum Gasteiger partial charge on any atom is -0.483 e. The molecule has 0 bridgehead atoms. The van der Waals surface area contributed by atoms with Crippen LogP contribution in [-0.4, -0.2) is 27.1 Å². The Kier molecular flexibility index (Phi) is 4.46. The quantitative estimate of drug-likeness (QED) is 0.783. The van der Waals surface area contributed by atoms with Crippen LogP contribution in [0.1, 0.15) is 29.9 Å². The van der Waals surface area contributed by atoms with Gasteiger partial charge in [-0.15, -0.1) is 10.2 Å². The number of aryl methyl sites for hydroxylation is 2. The summed E-state index contributed by atoms with van der Waals surface area (Å²) in [6.07, 6.45) is 1.87. The van der Waals surface area contributed by atoms with Crippen molar-refractivity contribution in [1.82, 2.24) is 19.9 Å². The van der Waals surface area contributed by atoms with E-state index in [0.717, 1.165) is 22.5 Å². The molecule has 0 radical (unpaired) electrons. The molecule has 6 heteroatoms. The van der Waals surface area contributed by atoms with Gasteiger partial charge in [-0.05, 0) is 50.1 Å². The number of hydrogen-bond donors (Lipinski definition) is 1. The van der Waals surface area contributed by atoms with Gasteiger partial charge in [-0.25, -0.2) is 0 Å². The summed E-state index contributed by atoms with van der Waals surface area (Å²) in [5, 5.41) is 11.1. The molecule has 1 amide bonds. The summed E-state index contributed by atoms with van der Waals surface area (Å²) < 4.78 is 7.49. The molecule has 0 fully saturated rings. The Bertz CT molecular complexity index is 872. The number of carbonyl (C=O) groups is 1. The summed E-state index contributed by atoms with van der Waals surface area (Å²) in [5.41, 5.74) is 2.85. The summed E-state index contributed by atoms with van der Waals surface area (Å²) >= 11 is 0. The van der Waals surface area contributed by atoms with Crippen molar-refractivity contribution >= 4 is 11.6 Å². The van der Waals surface area contributed by atoms with Gasteiger partial charge < -0.3 is 10.1 Å². The van der Waals surface area contributed by atoms with Crippen LogP contribution in [0.25, 0.3) is 5.65 Å². The van der Waals surface area contributed by atoms with Gasteiger partial charge in [0.05, 0.1) is 6.04 Å². The fourth-order valence-corrected chi connectivity index (χ4v) is 2.51. The maximum atomic E-state index is 12.2. The Hall–Kier alpha value is -2.89. The van der Waals surface area contributed by atoms with Gasteiger partial charge in [-0.1, -0.05) is 18.2 Å². The molecule has 1 atom stereocenters. The number of fused-ring (bicyclic) bond motifs is 1. The van der Waals surface area contributed by atoms with E-state index in [-0.39, 0.29) is 18.6 Å². The third-order valence-corrected chi connectivity index (χ3v) is 3.81. The van der Waals surface area contributed by atoms with Crippen LogP contribution in [0.3, 0.4) is 0 Å². The molecule has 6 nitrogen and oxygen atoms in total. The highest BCUT2D eigenvalue weighted by Crippen LogP contribution is 2.19. The zero-order chi connectivity index (χ0) is 17.1. The summed E-state index contributed by atoms with van der Waals surface area (Å²) in [7, 11) is 0. The first-order valence-electron chi connectivity index (χ1n) is 7.83. The summed E-state index contributed by atoms with van der Waals surface area (Å²) in [4.78, 5) is 12.2. The number of benzene rings is 1. The van der Waals surface area contributed by atoms with Crippen molar-refractivity contribution in [2.75, 3.05) is 6.61 Å². The van der Waals surface area contributed by atoms with Gasteiger partial charge in [-0.3, -0.25) is 9.20 Å². The molecule has 1 N–H and O–H groups in total. The van der Waals surface area contributed by atoms with E-state index < -0.39 is 0 Å². The molecule has 3 rings (SSSR count). The molecule has 0 saturated carbocycles. The van der Waals surface area contributed by atoms with Crippen LogP contribution in [-0.2, 0) is 4.79 Å². The van der Waals surface area contributed by atoms with Gasteiger partial charge in [0.2, 0.25) is 0 Å². The van der Waals surface area contributed by atoms with Crippen LogP contribution in [0.4, 0.5) is 0 Å². The van der Waals surface area contributed by atoms with Crippen molar-refractivity contribution in [1.29, 1.82) is 0 Å². The Morgan fingerprint density at radius 2 is 2.08 bits per heavy atom. The monoisotopic (exact) mass is 324 g/mol. The minimum atomic E-state index is -0.267. The number of hydrogen-bond acceptors (Lipinski definition) is 4. The number of carbonyl (C=O) groups excluding carboxylic acids is 1. The van der Waals surface area contributed by atoms with Crippen molar-refractivity contribution in [3.05, 3.63) is 59.5 Å². The average Bonchev–Trinajstić information content (AvgIpc) is 3.00. The second kappa shape index (κ2) is 6.70. The highest BCUT2D eigenvalue weighted by atomic mass is 16.5. The number of rotatable bonds is 5. The summed E-state index contributed by atoms with van der Waals surface area (Å²) in [5.74, 6) is 1.22. The van der Waals surface area contributed by atoms with Crippen LogP contribution in [0, 0.1) is 13.8 Å². The Balaban J connectivity index is 1.63. The Morgan fingerprint density at radius 3 is 2.92 bits per heavy atom. The maximum absolute atomic E-state index is 12.2. The molecule has 24 heavy (non-hydrogen) atoms. The molecule has 2 aromatic heterocycles. The van der Waals surface area contributed by atoms with Gasteiger partial charge >= 0.3 is 0 Å². The van der Waals surface area contributed by atoms with Gasteiger partial charge in [0.1, 0.15) is 5.75 Å². The molecule has 0 saturated heterocycles. The second-order valence-electron chi connectivity index (χ2n) is 5.83. The largest absolute Gasteiger partial charge is 0.483 e. The van der Waals surface area contributed by atoms with Gasteiger partial charge in [0.15, 0.2) is 18.1 Å². The molecule has 2 heterocycles. The molecule has 124 valence electrons. The van der Waals surface area contributed by atoms with Crippen molar-refractivity contribution in [2.45, 2.75) is 26.8 Å². The first-order chi connectivity index (χ1) is 11.5. The van der Waals surface area contributed by atoms with Gasteiger partial charge in [0.25, 0.3) is 5.91 Å². The van der Waals surface area contributed by atoms with E-state index in [1.807, 2.05) is 67.8 Å². The lowest BCUT2D eigenvalue weighted by molar-refractivity contribution is -0.123. The van der Waals surface area contributed by atoms with Crippen molar-refractivity contribution in [3.63, 3.8) is 0 Å². The van der Waals surface area contributed by atoms with E-state index >= 15 is 0 Å². The fraction of sp³-hybridized carbons (Fsp3) is 0.278. The lowest BCUT2D eigenvalue weighted by Crippen LogP contribution is -2.32. The van der Waals surface area contributed by atoms with E-state index in [1.54, 1.807) is 0 Å². The molecule has 0 aliphatic heterocycles. The lowest BCUT2D eigenvalue weighted by atomic mass is 10.1. The zero-order valence-corrected chi connectivity index (χ0v) is 14.0. The number of nitrogens with zero attached hydrogens (tertiary/aromatic N) is 3. The Morgan fingerprint density at radius 1 is 1.25 bits per heavy atom. The smallest absolute Gasteiger partial charge is 0.258 e. The van der Waals surface area contributed by atoms with E-state index in [0.29, 0.717) is 5.82 Å². The minimum absolute atomic E-state index is 0.0363. The maximum Gasteiger partial charge on any atom is 0.258 e. The van der Waals surface area contributed by atoms with Crippen LogP contribution in [0.2, 0.25) is 0 Å². The first-order valence-corrected chi connectivity index (χ1v) is 7.83. The molecular weight excluding hydrogens is 304 g/mol. The fourth-order valence-electron chi connectivity index (χ4n) is 2.51. The van der Waals surface area contributed by atoms with Crippen LogP contribution >= 0.6 is 0 Å². The van der Waals surface area contributed by atoms with Crippen molar-refractivity contribution in [3.8, 4) is 5.75 Å². The number of pyridine rings is 1. The highest BCUT2D eigenvalue weighted by Gasteiger charge is 2.16. The van der Waals surface area contributed by atoms with Gasteiger partial charge in [0, 0.05) is 6.20 Å². The number of nitrogens with one attached hydrogen (secondary N) is 1. The van der Waals surface area contributed by atoms with E-state index in [9.17, 15) is 4.79 Å². The number of aromatic nitrogens is 3. The van der Waals surface area contributed by atoms with Crippen molar-refractivity contribution in [2.24, 2.45) is 0 Å². The SMILES string of the molecule is Cc1ccc(C)c(OCC(=O)NC(C)c2nnc3ccccn23)c1. The third-order valence-electron chi connectivity index (χ3n) is 3.81. The lowest BCUT2D eigenvalue weighted by Gasteiger charge is -2.14. The summed E-state index contributed by atoms with van der Waals surface area (Å²) in [6, 6.07) is 11.3. The number of ether oxygens (including phenoxy) is 1. The Labute approximate surface area is 140 Å².